The van der Waals surface area contributed by atoms with E-state index in [2.05, 4.69) is 10.2 Å². The van der Waals surface area contributed by atoms with Crippen LogP contribution in [0.4, 0.5) is 4.39 Å². The van der Waals surface area contributed by atoms with E-state index in [1.807, 2.05) is 12.1 Å². The van der Waals surface area contributed by atoms with Crippen LogP contribution in [0.15, 0.2) is 29.2 Å². The van der Waals surface area contributed by atoms with E-state index in [-0.39, 0.29) is 17.8 Å². The van der Waals surface area contributed by atoms with Crippen molar-refractivity contribution in [2.75, 3.05) is 25.4 Å². The molecule has 0 unspecified atom stereocenters. The molecular weight excluding hydrogens is 275 g/mol. The van der Waals surface area contributed by atoms with E-state index in [0.29, 0.717) is 4.90 Å². The Kier molecular flexibility index (Phi) is 5.86. The molecule has 110 valence electrons. The van der Waals surface area contributed by atoms with Gasteiger partial charge in [-0.3, -0.25) is 4.79 Å². The molecule has 3 nitrogen and oxygen atoms in total. The highest BCUT2D eigenvalue weighted by Gasteiger charge is 2.19. The summed E-state index contributed by atoms with van der Waals surface area (Å²) in [5, 5.41) is 2.98. The number of carbonyl (C=O) groups excluding carboxylic acids is 1. The van der Waals surface area contributed by atoms with Gasteiger partial charge in [-0.1, -0.05) is 12.1 Å². The second-order valence-electron chi connectivity index (χ2n) is 5.12. The molecule has 1 fully saturated rings. The van der Waals surface area contributed by atoms with Crippen molar-refractivity contribution in [2.45, 2.75) is 30.7 Å². The molecule has 1 aliphatic rings. The van der Waals surface area contributed by atoms with Crippen molar-refractivity contribution < 1.29 is 9.18 Å². The Labute approximate surface area is 123 Å². The molecule has 0 bridgehead atoms. The van der Waals surface area contributed by atoms with Gasteiger partial charge in [0.05, 0.1) is 0 Å². The van der Waals surface area contributed by atoms with Gasteiger partial charge in [0.25, 0.3) is 0 Å². The average molecular weight is 296 g/mol. The zero-order chi connectivity index (χ0) is 14.4. The molecule has 1 aliphatic heterocycles. The van der Waals surface area contributed by atoms with E-state index < -0.39 is 0 Å². The Bertz CT molecular complexity index is 455. The van der Waals surface area contributed by atoms with Crippen molar-refractivity contribution in [1.29, 1.82) is 0 Å². The Morgan fingerprint density at radius 3 is 3.05 bits per heavy atom. The van der Waals surface area contributed by atoms with Crippen LogP contribution in [0.5, 0.6) is 0 Å². The lowest BCUT2D eigenvalue weighted by atomic mass is 10.1. The Morgan fingerprint density at radius 2 is 2.30 bits per heavy atom. The lowest BCUT2D eigenvalue weighted by molar-refractivity contribution is -0.120. The molecular formula is C15H21FN2OS. The number of carbonyl (C=O) groups is 1. The van der Waals surface area contributed by atoms with E-state index in [0.717, 1.165) is 38.2 Å². The van der Waals surface area contributed by atoms with Crippen molar-refractivity contribution in [2.24, 2.45) is 0 Å². The predicted molar refractivity (Wildman–Crippen MR) is 80.4 cm³/mol. The molecule has 0 aliphatic carbocycles. The van der Waals surface area contributed by atoms with Crippen LogP contribution in [-0.2, 0) is 4.79 Å². The first-order valence-corrected chi connectivity index (χ1v) is 8.00. The molecule has 5 heteroatoms. The number of nitrogens with zero attached hydrogens (tertiary/aromatic N) is 1. The SMILES string of the molecule is CC(=O)N[C@@H]1CCCN(CCSc2ccccc2F)C1. The highest BCUT2D eigenvalue weighted by atomic mass is 32.2. The number of hydrogen-bond acceptors (Lipinski definition) is 3. The molecule has 1 aromatic rings. The first-order chi connectivity index (χ1) is 9.65. The maximum absolute atomic E-state index is 13.5. The summed E-state index contributed by atoms with van der Waals surface area (Å²) in [4.78, 5) is 14.1. The minimum absolute atomic E-state index is 0.0394. The van der Waals surface area contributed by atoms with Crippen molar-refractivity contribution in [3.63, 3.8) is 0 Å². The summed E-state index contributed by atoms with van der Waals surface area (Å²) in [5.41, 5.74) is 0. The maximum atomic E-state index is 13.5. The second kappa shape index (κ2) is 7.64. The fourth-order valence-corrected chi connectivity index (χ4v) is 3.46. The topological polar surface area (TPSA) is 32.3 Å². The summed E-state index contributed by atoms with van der Waals surface area (Å²) < 4.78 is 13.5. The molecule has 1 amide bonds. The number of likely N-dealkylation sites (tertiary alicyclic amines) is 1. The third kappa shape index (κ3) is 4.80. The first kappa shape index (κ1) is 15.3. The minimum atomic E-state index is -0.146. The fraction of sp³-hybridized carbons (Fsp3) is 0.533. The van der Waals surface area contributed by atoms with Crippen molar-refractivity contribution in [3.05, 3.63) is 30.1 Å². The van der Waals surface area contributed by atoms with Gasteiger partial charge >= 0.3 is 0 Å². The van der Waals surface area contributed by atoms with Gasteiger partial charge in [-0.05, 0) is 31.5 Å². The van der Waals surface area contributed by atoms with E-state index in [1.165, 1.54) is 6.07 Å². The van der Waals surface area contributed by atoms with Crippen LogP contribution < -0.4 is 5.32 Å². The second-order valence-corrected chi connectivity index (χ2v) is 6.26. The molecule has 0 aromatic heterocycles. The molecule has 1 saturated heterocycles. The number of rotatable bonds is 5. The zero-order valence-electron chi connectivity index (χ0n) is 11.8. The molecule has 1 heterocycles. The minimum Gasteiger partial charge on any atom is -0.352 e. The largest absolute Gasteiger partial charge is 0.352 e. The first-order valence-electron chi connectivity index (χ1n) is 7.02. The fourth-order valence-electron chi connectivity index (χ4n) is 2.51. The van der Waals surface area contributed by atoms with Crippen LogP contribution in [0, 0.1) is 5.82 Å². The number of halogens is 1. The quantitative estimate of drug-likeness (QED) is 0.848. The lowest BCUT2D eigenvalue weighted by Gasteiger charge is -2.32. The van der Waals surface area contributed by atoms with Gasteiger partial charge in [-0.25, -0.2) is 4.39 Å². The van der Waals surface area contributed by atoms with Gasteiger partial charge in [0, 0.05) is 36.7 Å². The molecule has 1 atom stereocenters. The molecule has 1 N–H and O–H groups in total. The standard InChI is InChI=1S/C15H21FN2OS/c1-12(19)17-13-5-4-8-18(11-13)9-10-20-15-7-3-2-6-14(15)16/h2-3,6-7,13H,4-5,8-11H2,1H3,(H,17,19)/t13-/m1/s1. The van der Waals surface area contributed by atoms with Crippen LogP contribution in [0.25, 0.3) is 0 Å². The van der Waals surface area contributed by atoms with Gasteiger partial charge in [-0.15, -0.1) is 11.8 Å². The van der Waals surface area contributed by atoms with Crippen LogP contribution in [-0.4, -0.2) is 42.2 Å². The monoisotopic (exact) mass is 296 g/mol. The van der Waals surface area contributed by atoms with Gasteiger partial charge in [0.15, 0.2) is 0 Å². The van der Waals surface area contributed by atoms with E-state index >= 15 is 0 Å². The van der Waals surface area contributed by atoms with Crippen LogP contribution in [0.2, 0.25) is 0 Å². The smallest absolute Gasteiger partial charge is 0.217 e. The lowest BCUT2D eigenvalue weighted by Crippen LogP contribution is -2.47. The van der Waals surface area contributed by atoms with Gasteiger partial charge < -0.3 is 10.2 Å². The number of benzene rings is 1. The summed E-state index contributed by atoms with van der Waals surface area (Å²) in [6, 6.07) is 7.15. The highest BCUT2D eigenvalue weighted by molar-refractivity contribution is 7.99. The van der Waals surface area contributed by atoms with Crippen molar-refractivity contribution in [3.8, 4) is 0 Å². The molecule has 1 aromatic carbocycles. The van der Waals surface area contributed by atoms with E-state index in [4.69, 9.17) is 0 Å². The van der Waals surface area contributed by atoms with Crippen LogP contribution >= 0.6 is 11.8 Å². The zero-order valence-corrected chi connectivity index (χ0v) is 12.6. The van der Waals surface area contributed by atoms with Gasteiger partial charge in [0.2, 0.25) is 5.91 Å². The third-order valence-corrected chi connectivity index (χ3v) is 4.44. The van der Waals surface area contributed by atoms with E-state index in [1.54, 1.807) is 24.8 Å². The summed E-state index contributed by atoms with van der Waals surface area (Å²) in [5.74, 6) is 0.762. The number of piperidine rings is 1. The van der Waals surface area contributed by atoms with Gasteiger partial charge in [0.1, 0.15) is 5.82 Å². The van der Waals surface area contributed by atoms with Crippen molar-refractivity contribution >= 4 is 17.7 Å². The summed E-state index contributed by atoms with van der Waals surface area (Å²) in [6.07, 6.45) is 2.16. The summed E-state index contributed by atoms with van der Waals surface area (Å²) >= 11 is 1.55. The number of thioether (sulfide) groups is 1. The third-order valence-electron chi connectivity index (χ3n) is 3.41. The summed E-state index contributed by atoms with van der Waals surface area (Å²) in [6.45, 7) is 4.45. The molecule has 0 spiro atoms. The Morgan fingerprint density at radius 1 is 1.50 bits per heavy atom. The normalized spacial score (nSPS) is 19.8. The highest BCUT2D eigenvalue weighted by Crippen LogP contribution is 2.21. The van der Waals surface area contributed by atoms with Crippen LogP contribution in [0.1, 0.15) is 19.8 Å². The van der Waals surface area contributed by atoms with Crippen LogP contribution in [0.3, 0.4) is 0 Å². The Balaban J connectivity index is 1.74. The molecule has 2 rings (SSSR count). The van der Waals surface area contributed by atoms with Gasteiger partial charge in [-0.2, -0.15) is 0 Å². The summed E-state index contributed by atoms with van der Waals surface area (Å²) in [7, 11) is 0. The molecule has 20 heavy (non-hydrogen) atoms. The average Bonchev–Trinajstić information content (AvgIpc) is 2.41. The van der Waals surface area contributed by atoms with E-state index in [9.17, 15) is 9.18 Å². The molecule has 0 radical (unpaired) electrons. The van der Waals surface area contributed by atoms with Crippen molar-refractivity contribution in [1.82, 2.24) is 10.2 Å². The predicted octanol–water partition coefficient (Wildman–Crippen LogP) is 2.52. The molecule has 0 saturated carbocycles. The Hall–Kier alpha value is -1.07. The number of hydrogen-bond donors (Lipinski definition) is 1. The number of amides is 1. The maximum Gasteiger partial charge on any atom is 0.217 e. The number of nitrogens with one attached hydrogen (secondary N) is 1.